The number of aromatic nitrogens is 3. The van der Waals surface area contributed by atoms with Gasteiger partial charge in [0.25, 0.3) is 0 Å². The number of nitrogens with zero attached hydrogens (tertiary/aromatic N) is 3. The van der Waals surface area contributed by atoms with Gasteiger partial charge in [-0.3, -0.25) is 4.79 Å². The molecule has 27 heavy (non-hydrogen) atoms. The Morgan fingerprint density at radius 3 is 2.85 bits per heavy atom. The molecule has 0 spiro atoms. The highest BCUT2D eigenvalue weighted by Gasteiger charge is 2.10. The van der Waals surface area contributed by atoms with E-state index in [9.17, 15) is 4.79 Å². The first-order chi connectivity index (χ1) is 13.1. The molecule has 0 saturated heterocycles. The van der Waals surface area contributed by atoms with Crippen molar-refractivity contribution < 1.29 is 9.90 Å². The van der Waals surface area contributed by atoms with Crippen LogP contribution >= 0.6 is 0 Å². The fourth-order valence-electron chi connectivity index (χ4n) is 3.18. The molecule has 2 aromatic carbocycles. The third kappa shape index (κ3) is 3.50. The minimum Gasteiger partial charge on any atom is -0.481 e. The molecule has 0 unspecified atom stereocenters. The Balaban J connectivity index is 1.66. The van der Waals surface area contributed by atoms with Gasteiger partial charge in [0.1, 0.15) is 0 Å². The molecule has 4 rings (SSSR count). The van der Waals surface area contributed by atoms with Crippen molar-refractivity contribution in [3.63, 3.8) is 0 Å². The predicted molar refractivity (Wildman–Crippen MR) is 105 cm³/mol. The van der Waals surface area contributed by atoms with Crippen LogP contribution in [0.25, 0.3) is 22.2 Å². The molecule has 0 aliphatic carbocycles. The van der Waals surface area contributed by atoms with Gasteiger partial charge in [0, 0.05) is 41.6 Å². The molecule has 0 aliphatic rings. The maximum atomic E-state index is 10.9. The van der Waals surface area contributed by atoms with Crippen LogP contribution in [-0.4, -0.2) is 25.6 Å². The van der Waals surface area contributed by atoms with Gasteiger partial charge in [-0.2, -0.15) is 0 Å². The minimum absolute atomic E-state index is 0.0214. The van der Waals surface area contributed by atoms with Gasteiger partial charge in [-0.25, -0.2) is 9.97 Å². The molecule has 134 valence electrons. The maximum absolute atomic E-state index is 10.9. The molecule has 6 nitrogen and oxygen atoms in total. The number of para-hydroxylation sites is 1. The summed E-state index contributed by atoms with van der Waals surface area (Å²) in [7, 11) is 2.01. The lowest BCUT2D eigenvalue weighted by atomic mass is 10.1. The lowest BCUT2D eigenvalue weighted by molar-refractivity contribution is -0.136. The van der Waals surface area contributed by atoms with Crippen LogP contribution in [0.15, 0.2) is 67.0 Å². The summed E-state index contributed by atoms with van der Waals surface area (Å²) in [5.41, 5.74) is 4.48. The van der Waals surface area contributed by atoms with Crippen LogP contribution in [0.5, 0.6) is 0 Å². The number of nitrogens with one attached hydrogen (secondary N) is 1. The van der Waals surface area contributed by atoms with Crippen molar-refractivity contribution in [3.05, 3.63) is 72.6 Å². The fraction of sp³-hybridized carbons (Fsp3) is 0.0952. The number of rotatable bonds is 5. The number of hydrogen-bond donors (Lipinski definition) is 2. The third-order valence-electron chi connectivity index (χ3n) is 4.37. The van der Waals surface area contributed by atoms with Crippen molar-refractivity contribution in [2.24, 2.45) is 7.05 Å². The Hall–Kier alpha value is -3.67. The molecule has 2 aromatic heterocycles. The molecule has 0 radical (unpaired) electrons. The zero-order chi connectivity index (χ0) is 18.8. The SMILES string of the molecule is Cn1cc(-c2ccnc(Nc3cccc(CC(=O)O)c3)n2)c2ccccc21. The van der Waals surface area contributed by atoms with Gasteiger partial charge in [-0.05, 0) is 29.8 Å². The van der Waals surface area contributed by atoms with E-state index in [2.05, 4.69) is 38.2 Å². The molecule has 4 aromatic rings. The normalized spacial score (nSPS) is 10.9. The lowest BCUT2D eigenvalue weighted by Crippen LogP contribution is -2.02. The molecule has 0 saturated carbocycles. The van der Waals surface area contributed by atoms with Gasteiger partial charge in [0.05, 0.1) is 12.1 Å². The van der Waals surface area contributed by atoms with Crippen LogP contribution in [-0.2, 0) is 18.3 Å². The molecule has 6 heteroatoms. The largest absolute Gasteiger partial charge is 0.481 e. The van der Waals surface area contributed by atoms with Crippen LogP contribution in [0.2, 0.25) is 0 Å². The van der Waals surface area contributed by atoms with E-state index in [4.69, 9.17) is 5.11 Å². The highest BCUT2D eigenvalue weighted by atomic mass is 16.4. The highest BCUT2D eigenvalue weighted by Crippen LogP contribution is 2.29. The summed E-state index contributed by atoms with van der Waals surface area (Å²) < 4.78 is 2.08. The van der Waals surface area contributed by atoms with Gasteiger partial charge in [-0.15, -0.1) is 0 Å². The summed E-state index contributed by atoms with van der Waals surface area (Å²) in [6.07, 6.45) is 3.75. The van der Waals surface area contributed by atoms with E-state index in [1.54, 1.807) is 18.3 Å². The summed E-state index contributed by atoms with van der Waals surface area (Å²) in [5.74, 6) is -0.394. The molecular formula is C21H18N4O2. The summed E-state index contributed by atoms with van der Waals surface area (Å²) in [6.45, 7) is 0. The molecule has 0 amide bonds. The summed E-state index contributed by atoms with van der Waals surface area (Å²) in [4.78, 5) is 19.8. The highest BCUT2D eigenvalue weighted by molar-refractivity contribution is 5.95. The van der Waals surface area contributed by atoms with E-state index < -0.39 is 5.97 Å². The molecule has 2 heterocycles. The van der Waals surface area contributed by atoms with E-state index in [1.807, 2.05) is 37.4 Å². The number of anilines is 2. The maximum Gasteiger partial charge on any atom is 0.307 e. The van der Waals surface area contributed by atoms with E-state index >= 15 is 0 Å². The molecule has 0 aliphatic heterocycles. The Bertz CT molecular complexity index is 1130. The smallest absolute Gasteiger partial charge is 0.307 e. The van der Waals surface area contributed by atoms with Gasteiger partial charge < -0.3 is 15.0 Å². The van der Waals surface area contributed by atoms with Crippen LogP contribution < -0.4 is 5.32 Å². The van der Waals surface area contributed by atoms with Crippen molar-refractivity contribution in [2.75, 3.05) is 5.32 Å². The number of benzene rings is 2. The molecular weight excluding hydrogens is 340 g/mol. The molecule has 2 N–H and O–H groups in total. The lowest BCUT2D eigenvalue weighted by Gasteiger charge is -2.07. The topological polar surface area (TPSA) is 80.0 Å². The summed E-state index contributed by atoms with van der Waals surface area (Å²) in [5, 5.41) is 13.2. The molecule has 0 bridgehead atoms. The van der Waals surface area contributed by atoms with Gasteiger partial charge in [0.15, 0.2) is 0 Å². The average molecular weight is 358 g/mol. The number of aliphatic carboxylic acids is 1. The van der Waals surface area contributed by atoms with Crippen LogP contribution in [0.3, 0.4) is 0 Å². The minimum atomic E-state index is -0.860. The Labute approximate surface area is 156 Å². The standard InChI is InChI=1S/C21H18N4O2/c1-25-13-17(16-7-2-3-8-19(16)25)18-9-10-22-21(24-18)23-15-6-4-5-14(11-15)12-20(26)27/h2-11,13H,12H2,1H3,(H,26,27)(H,22,23,24). The van der Waals surface area contributed by atoms with Crippen molar-refractivity contribution in [2.45, 2.75) is 6.42 Å². The van der Waals surface area contributed by atoms with Crippen LogP contribution in [0.4, 0.5) is 11.6 Å². The average Bonchev–Trinajstić information content (AvgIpc) is 2.99. The van der Waals surface area contributed by atoms with E-state index in [0.29, 0.717) is 5.95 Å². The zero-order valence-corrected chi connectivity index (χ0v) is 14.8. The first-order valence-corrected chi connectivity index (χ1v) is 8.55. The first-order valence-electron chi connectivity index (χ1n) is 8.55. The van der Waals surface area contributed by atoms with Crippen molar-refractivity contribution in [1.82, 2.24) is 14.5 Å². The number of hydrogen-bond acceptors (Lipinski definition) is 4. The van der Waals surface area contributed by atoms with Gasteiger partial charge in [0.2, 0.25) is 5.95 Å². The van der Waals surface area contributed by atoms with Crippen molar-refractivity contribution >= 4 is 28.5 Å². The second-order valence-electron chi connectivity index (χ2n) is 6.33. The number of carboxylic acid groups (broad SMARTS) is 1. The Morgan fingerprint density at radius 1 is 1.15 bits per heavy atom. The second kappa shape index (κ2) is 6.92. The number of fused-ring (bicyclic) bond motifs is 1. The first kappa shape index (κ1) is 16.8. The quantitative estimate of drug-likeness (QED) is 0.563. The summed E-state index contributed by atoms with van der Waals surface area (Å²) >= 11 is 0. The zero-order valence-electron chi connectivity index (χ0n) is 14.8. The third-order valence-corrected chi connectivity index (χ3v) is 4.37. The van der Waals surface area contributed by atoms with Crippen molar-refractivity contribution in [3.8, 4) is 11.3 Å². The van der Waals surface area contributed by atoms with E-state index in [-0.39, 0.29) is 6.42 Å². The Kier molecular flexibility index (Phi) is 4.30. The summed E-state index contributed by atoms with van der Waals surface area (Å²) in [6, 6.07) is 17.3. The van der Waals surface area contributed by atoms with Gasteiger partial charge >= 0.3 is 5.97 Å². The van der Waals surface area contributed by atoms with E-state index in [0.717, 1.165) is 33.4 Å². The fourth-order valence-corrected chi connectivity index (χ4v) is 3.18. The van der Waals surface area contributed by atoms with Gasteiger partial charge in [-0.1, -0.05) is 30.3 Å². The Morgan fingerprint density at radius 2 is 2.00 bits per heavy atom. The van der Waals surface area contributed by atoms with Crippen LogP contribution in [0, 0.1) is 0 Å². The van der Waals surface area contributed by atoms with E-state index in [1.165, 1.54) is 0 Å². The van der Waals surface area contributed by atoms with Crippen molar-refractivity contribution in [1.29, 1.82) is 0 Å². The number of carbonyl (C=O) groups is 1. The molecule has 0 atom stereocenters. The number of carboxylic acids is 1. The van der Waals surface area contributed by atoms with Crippen LogP contribution in [0.1, 0.15) is 5.56 Å². The number of aryl methyl sites for hydroxylation is 1. The predicted octanol–water partition coefficient (Wildman–Crippen LogP) is 4.01. The molecule has 0 fully saturated rings. The second-order valence-corrected chi connectivity index (χ2v) is 6.33. The monoisotopic (exact) mass is 358 g/mol.